The van der Waals surface area contributed by atoms with E-state index in [9.17, 15) is 13.6 Å². The Morgan fingerprint density at radius 1 is 1.12 bits per heavy atom. The van der Waals surface area contributed by atoms with Crippen LogP contribution in [0.5, 0.6) is 0 Å². The molecule has 1 fully saturated rings. The normalized spacial score (nSPS) is 22.7. The molecule has 2 bridgehead atoms. The van der Waals surface area contributed by atoms with Gasteiger partial charge >= 0.3 is 0 Å². The van der Waals surface area contributed by atoms with Crippen LogP contribution < -0.4 is 0 Å². The van der Waals surface area contributed by atoms with Crippen molar-refractivity contribution in [2.75, 3.05) is 13.7 Å². The van der Waals surface area contributed by atoms with E-state index in [1.807, 2.05) is 12.1 Å². The Balaban J connectivity index is 1.67. The fourth-order valence-electron chi connectivity index (χ4n) is 5.79. The molecule has 2 heterocycles. The average Bonchev–Trinajstić information content (AvgIpc) is 3.15. The summed E-state index contributed by atoms with van der Waals surface area (Å²) in [5, 5.41) is 8.76. The van der Waals surface area contributed by atoms with Crippen LogP contribution in [0.2, 0.25) is 0 Å². The highest BCUT2D eigenvalue weighted by atomic mass is 19.1. The van der Waals surface area contributed by atoms with Gasteiger partial charge in [0.2, 0.25) is 5.78 Å². The SMILES string of the molecule is COCC(=O)c1cccc([C@@]23CC[C@@H](c4cc(-c5c(F)cccc5F)nnc42)C3(C)C)n1. The van der Waals surface area contributed by atoms with Crippen LogP contribution in [0.25, 0.3) is 11.3 Å². The predicted octanol–water partition coefficient (Wildman–Crippen LogP) is 4.85. The number of benzene rings is 1. The highest BCUT2D eigenvalue weighted by Crippen LogP contribution is 2.69. The van der Waals surface area contributed by atoms with Gasteiger partial charge in [0.25, 0.3) is 0 Å². The van der Waals surface area contributed by atoms with E-state index in [-0.39, 0.29) is 35.0 Å². The lowest BCUT2D eigenvalue weighted by atomic mass is 9.66. The third-order valence-electron chi connectivity index (χ3n) is 7.35. The summed E-state index contributed by atoms with van der Waals surface area (Å²) < 4.78 is 33.8. The molecule has 0 N–H and O–H groups in total. The van der Waals surface area contributed by atoms with E-state index in [0.29, 0.717) is 5.69 Å². The molecule has 0 amide bonds. The molecule has 3 aromatic rings. The first-order valence-corrected chi connectivity index (χ1v) is 10.6. The number of rotatable bonds is 5. The van der Waals surface area contributed by atoms with Gasteiger partial charge in [0.05, 0.1) is 28.1 Å². The van der Waals surface area contributed by atoms with Crippen LogP contribution in [-0.2, 0) is 10.2 Å². The molecule has 5 nitrogen and oxygen atoms in total. The smallest absolute Gasteiger partial charge is 0.206 e. The molecule has 7 heteroatoms. The van der Waals surface area contributed by atoms with Crippen LogP contribution in [0, 0.1) is 17.0 Å². The minimum atomic E-state index is -0.664. The molecular formula is C25H23F2N3O2. The maximum Gasteiger partial charge on any atom is 0.206 e. The minimum Gasteiger partial charge on any atom is -0.376 e. The Labute approximate surface area is 184 Å². The van der Waals surface area contributed by atoms with E-state index in [1.165, 1.54) is 25.3 Å². The van der Waals surface area contributed by atoms with E-state index < -0.39 is 17.0 Å². The van der Waals surface area contributed by atoms with Crippen molar-refractivity contribution in [3.8, 4) is 11.3 Å². The lowest BCUT2D eigenvalue weighted by molar-refractivity contribution is 0.0842. The zero-order valence-electron chi connectivity index (χ0n) is 18.2. The lowest BCUT2D eigenvalue weighted by Gasteiger charge is -2.37. The predicted molar refractivity (Wildman–Crippen MR) is 114 cm³/mol. The molecule has 164 valence electrons. The van der Waals surface area contributed by atoms with E-state index in [2.05, 4.69) is 24.0 Å². The van der Waals surface area contributed by atoms with Gasteiger partial charge in [0.1, 0.15) is 23.9 Å². The van der Waals surface area contributed by atoms with Gasteiger partial charge in [-0.1, -0.05) is 26.0 Å². The molecule has 0 saturated heterocycles. The number of ketones is 1. The minimum absolute atomic E-state index is 0.0383. The molecule has 2 aliphatic carbocycles. The first-order valence-electron chi connectivity index (χ1n) is 10.6. The summed E-state index contributed by atoms with van der Waals surface area (Å²) in [7, 11) is 1.48. The number of fused-ring (bicyclic) bond motifs is 5. The van der Waals surface area contributed by atoms with E-state index in [0.717, 1.165) is 29.8 Å². The Bertz CT molecular complexity index is 1220. The van der Waals surface area contributed by atoms with Crippen molar-refractivity contribution in [2.45, 2.75) is 38.0 Å². The van der Waals surface area contributed by atoms with Crippen LogP contribution in [0.1, 0.15) is 60.0 Å². The number of carbonyl (C=O) groups excluding carboxylic acids is 1. The summed E-state index contributed by atoms with van der Waals surface area (Å²) in [5.74, 6) is -1.38. The topological polar surface area (TPSA) is 65.0 Å². The Hall–Kier alpha value is -3.06. The highest BCUT2D eigenvalue weighted by Gasteiger charge is 2.65. The summed E-state index contributed by atoms with van der Waals surface area (Å²) in [6.45, 7) is 4.30. The van der Waals surface area contributed by atoms with Gasteiger partial charge in [-0.15, -0.1) is 5.10 Å². The Kier molecular flexibility index (Phi) is 4.71. The number of hydrogen-bond donors (Lipinski definition) is 0. The molecule has 2 atom stereocenters. The zero-order chi connectivity index (χ0) is 22.7. The highest BCUT2D eigenvalue weighted by molar-refractivity contribution is 5.95. The van der Waals surface area contributed by atoms with Crippen molar-refractivity contribution >= 4 is 5.78 Å². The summed E-state index contributed by atoms with van der Waals surface area (Å²) in [6, 6.07) is 11.0. The molecule has 1 saturated carbocycles. The van der Waals surface area contributed by atoms with Gasteiger partial charge in [0, 0.05) is 7.11 Å². The Morgan fingerprint density at radius 2 is 1.84 bits per heavy atom. The number of Topliss-reactive ketones (excluding diaryl/α,β-unsaturated/α-hetero) is 1. The van der Waals surface area contributed by atoms with Crippen LogP contribution >= 0.6 is 0 Å². The van der Waals surface area contributed by atoms with E-state index >= 15 is 0 Å². The largest absolute Gasteiger partial charge is 0.376 e. The quantitative estimate of drug-likeness (QED) is 0.536. The van der Waals surface area contributed by atoms with Crippen LogP contribution in [0.15, 0.2) is 42.5 Å². The van der Waals surface area contributed by atoms with E-state index in [4.69, 9.17) is 9.72 Å². The fraction of sp³-hybridized carbons (Fsp3) is 0.360. The molecule has 5 rings (SSSR count). The van der Waals surface area contributed by atoms with Crippen molar-refractivity contribution in [3.63, 3.8) is 0 Å². The second kappa shape index (κ2) is 7.24. The van der Waals surface area contributed by atoms with Crippen molar-refractivity contribution in [2.24, 2.45) is 5.41 Å². The lowest BCUT2D eigenvalue weighted by Crippen LogP contribution is -2.38. The number of halogens is 2. The number of nitrogens with zero attached hydrogens (tertiary/aromatic N) is 3. The molecule has 32 heavy (non-hydrogen) atoms. The first-order chi connectivity index (χ1) is 15.3. The van der Waals surface area contributed by atoms with Crippen LogP contribution in [0.4, 0.5) is 8.78 Å². The van der Waals surface area contributed by atoms with Crippen molar-refractivity contribution < 1.29 is 18.3 Å². The summed E-state index contributed by atoms with van der Waals surface area (Å²) in [4.78, 5) is 17.1. The van der Waals surface area contributed by atoms with Crippen molar-refractivity contribution in [3.05, 3.63) is 76.7 Å². The number of aromatic nitrogens is 3. The van der Waals surface area contributed by atoms with Crippen LogP contribution in [-0.4, -0.2) is 34.7 Å². The summed E-state index contributed by atoms with van der Waals surface area (Å²) >= 11 is 0. The second-order valence-electron chi connectivity index (χ2n) is 9.11. The van der Waals surface area contributed by atoms with Gasteiger partial charge in [-0.25, -0.2) is 13.8 Å². The molecule has 2 aliphatic rings. The molecule has 0 radical (unpaired) electrons. The zero-order valence-corrected chi connectivity index (χ0v) is 18.2. The Morgan fingerprint density at radius 3 is 2.56 bits per heavy atom. The molecule has 0 spiro atoms. The van der Waals surface area contributed by atoms with E-state index in [1.54, 1.807) is 12.1 Å². The fourth-order valence-corrected chi connectivity index (χ4v) is 5.79. The third kappa shape index (κ3) is 2.70. The molecule has 0 aliphatic heterocycles. The van der Waals surface area contributed by atoms with Crippen molar-refractivity contribution in [1.29, 1.82) is 0 Å². The molecule has 0 unspecified atom stereocenters. The van der Waals surface area contributed by atoms with Gasteiger partial charge in [0.15, 0.2) is 0 Å². The number of carbonyl (C=O) groups is 1. The van der Waals surface area contributed by atoms with Gasteiger partial charge < -0.3 is 4.74 Å². The maximum absolute atomic E-state index is 14.4. The van der Waals surface area contributed by atoms with Gasteiger partial charge in [-0.2, -0.15) is 5.10 Å². The molecular weight excluding hydrogens is 412 g/mol. The first kappa shape index (κ1) is 20.8. The van der Waals surface area contributed by atoms with Gasteiger partial charge in [-0.05, 0) is 60.1 Å². The summed E-state index contributed by atoms with van der Waals surface area (Å²) in [5.41, 5.74) is 2.08. The van der Waals surface area contributed by atoms with Crippen molar-refractivity contribution in [1.82, 2.24) is 15.2 Å². The average molecular weight is 435 g/mol. The van der Waals surface area contributed by atoms with Crippen LogP contribution in [0.3, 0.4) is 0 Å². The number of pyridine rings is 1. The number of methoxy groups -OCH3 is 1. The van der Waals surface area contributed by atoms with Gasteiger partial charge in [-0.3, -0.25) is 4.79 Å². The molecule has 2 aromatic heterocycles. The monoisotopic (exact) mass is 435 g/mol. The summed E-state index contributed by atoms with van der Waals surface area (Å²) in [6.07, 6.45) is 1.71. The molecule has 1 aromatic carbocycles. The maximum atomic E-state index is 14.4. The third-order valence-corrected chi connectivity index (χ3v) is 7.35. The second-order valence-corrected chi connectivity index (χ2v) is 9.11. The number of ether oxygens (including phenoxy) is 1. The standard InChI is InChI=1S/C25H23F2N3O2/c1-24(2)15-10-11-25(24,21-9-5-8-18(28-21)20(31)13-32-3)23-14(15)12-19(29-30-23)22-16(26)6-4-7-17(22)27/h4-9,12,15H,10-11,13H2,1-3H3/t15-,25-/m0/s1. The number of hydrogen-bond acceptors (Lipinski definition) is 5.